The molecule has 0 saturated carbocycles. The van der Waals surface area contributed by atoms with Crippen LogP contribution in [-0.2, 0) is 28.2 Å². The van der Waals surface area contributed by atoms with E-state index in [2.05, 4.69) is 71.0 Å². The molecule has 20 nitrogen and oxygen atoms in total. The molecule has 0 aliphatic rings. The second kappa shape index (κ2) is 18.1. The summed E-state index contributed by atoms with van der Waals surface area (Å²) in [5.74, 6) is -0.737. The summed E-state index contributed by atoms with van der Waals surface area (Å²) in [7, 11) is 6.12. The number of aromatic nitrogens is 12. The van der Waals surface area contributed by atoms with Crippen LogP contribution in [0.2, 0.25) is 5.02 Å². The Balaban J connectivity index is 0.000000290. The third kappa shape index (κ3) is 10.2. The first-order valence-electron chi connectivity index (χ1n) is 14.6. The van der Waals surface area contributed by atoms with Crippen molar-refractivity contribution >= 4 is 41.0 Å². The number of nitrogens with zero attached hydrogens (tertiary/aromatic N) is 12. The molecule has 256 valence electrons. The van der Waals surface area contributed by atoms with Gasteiger partial charge in [0.2, 0.25) is 11.9 Å². The average molecular weight is 677 g/mol. The maximum absolute atomic E-state index is 12.5. The quantitative estimate of drug-likeness (QED) is 0.165. The minimum atomic E-state index is -0.596. The predicted molar refractivity (Wildman–Crippen MR) is 174 cm³/mol. The lowest BCUT2D eigenvalue weighted by Gasteiger charge is -2.14. The van der Waals surface area contributed by atoms with Crippen molar-refractivity contribution < 1.29 is 9.59 Å². The van der Waals surface area contributed by atoms with Crippen LogP contribution >= 0.6 is 11.6 Å². The van der Waals surface area contributed by atoms with E-state index in [9.17, 15) is 19.2 Å². The third-order valence-corrected chi connectivity index (χ3v) is 6.85. The summed E-state index contributed by atoms with van der Waals surface area (Å²) in [6.07, 6.45) is 4.30. The van der Waals surface area contributed by atoms with Gasteiger partial charge in [0.05, 0.1) is 10.7 Å². The van der Waals surface area contributed by atoms with Gasteiger partial charge in [-0.1, -0.05) is 48.5 Å². The van der Waals surface area contributed by atoms with Crippen molar-refractivity contribution in [1.82, 2.24) is 60.0 Å². The standard InChI is InChI=1S/C13H20N8O2.C9H10ClN7O2.C4H11N/c1-5-6-7-14-9-8(2)12(23)20(3)17-10(9)11(22)15-13-16-18-19-21(13)4;1-4-5(10)6(13-16(2)8(4)19)7(18)11-9-12-14-15-17(9)3;1-2-3-4-5/h14H,5-7H2,1-4H3,(H,15,16,19,22);1-3H3,(H,11,12,15,18);2-5H2,1H3. The molecule has 21 heteroatoms. The monoisotopic (exact) mass is 676 g/mol. The first kappa shape index (κ1) is 38.1. The number of nitrogens with one attached hydrogen (secondary N) is 3. The van der Waals surface area contributed by atoms with E-state index in [0.717, 1.165) is 28.8 Å². The van der Waals surface area contributed by atoms with Crippen LogP contribution in [0.1, 0.15) is 71.6 Å². The van der Waals surface area contributed by atoms with Gasteiger partial charge >= 0.3 is 0 Å². The third-order valence-electron chi connectivity index (χ3n) is 6.39. The van der Waals surface area contributed by atoms with Gasteiger partial charge in [-0.15, -0.1) is 0 Å². The van der Waals surface area contributed by atoms with E-state index in [1.165, 1.54) is 43.2 Å². The number of hydrogen-bond acceptors (Lipinski definition) is 14. The van der Waals surface area contributed by atoms with Crippen LogP contribution in [0.4, 0.5) is 17.6 Å². The number of halogens is 1. The maximum atomic E-state index is 12.5. The van der Waals surface area contributed by atoms with Crippen LogP contribution in [0.25, 0.3) is 0 Å². The fraction of sp³-hybridized carbons (Fsp3) is 0.538. The van der Waals surface area contributed by atoms with Crippen LogP contribution in [-0.4, -0.2) is 84.9 Å². The van der Waals surface area contributed by atoms with Crippen molar-refractivity contribution in [3.8, 4) is 0 Å². The lowest BCUT2D eigenvalue weighted by atomic mass is 10.2. The topological polar surface area (TPSA) is 253 Å². The zero-order valence-electron chi connectivity index (χ0n) is 27.7. The van der Waals surface area contributed by atoms with Crippen LogP contribution in [0.15, 0.2) is 9.59 Å². The van der Waals surface area contributed by atoms with Gasteiger partial charge in [-0.25, -0.2) is 18.7 Å². The highest BCUT2D eigenvalue weighted by Crippen LogP contribution is 2.17. The highest BCUT2D eigenvalue weighted by atomic mass is 35.5. The molecule has 0 aliphatic carbocycles. The fourth-order valence-electron chi connectivity index (χ4n) is 3.63. The van der Waals surface area contributed by atoms with Gasteiger partial charge in [-0.05, 0) is 54.1 Å². The lowest BCUT2D eigenvalue weighted by molar-refractivity contribution is 0.101. The van der Waals surface area contributed by atoms with Crippen molar-refractivity contribution in [2.45, 2.75) is 53.4 Å². The lowest BCUT2D eigenvalue weighted by Crippen LogP contribution is -2.29. The molecule has 0 saturated heterocycles. The zero-order chi connectivity index (χ0) is 35.3. The minimum absolute atomic E-state index is 0.00993. The second-order valence-corrected chi connectivity index (χ2v) is 10.5. The van der Waals surface area contributed by atoms with Crippen molar-refractivity contribution in [2.24, 2.45) is 33.9 Å². The first-order valence-corrected chi connectivity index (χ1v) is 15.0. The SMILES string of the molecule is CCCCN.CCCCNc1c(C(=O)Nc2nnnn2C)nn(C)c(=O)c1C.Cc1c(Cl)c(C(=O)Nc2nnnn2C)nn(C)c1=O. The molecule has 0 aliphatic heterocycles. The smallest absolute Gasteiger partial charge is 0.280 e. The molecule has 0 unspecified atom stereocenters. The number of carbonyl (C=O) groups is 2. The number of carbonyl (C=O) groups excluding carboxylic acids is 2. The van der Waals surface area contributed by atoms with E-state index in [1.807, 2.05) is 0 Å². The Morgan fingerprint density at radius 2 is 1.21 bits per heavy atom. The van der Waals surface area contributed by atoms with Crippen molar-refractivity contribution in [3.05, 3.63) is 48.2 Å². The molecule has 0 aromatic carbocycles. The van der Waals surface area contributed by atoms with E-state index in [0.29, 0.717) is 17.8 Å². The van der Waals surface area contributed by atoms with Crippen molar-refractivity contribution in [2.75, 3.05) is 29.0 Å². The number of aryl methyl sites for hydroxylation is 4. The molecule has 4 aromatic heterocycles. The minimum Gasteiger partial charge on any atom is -0.383 e. The van der Waals surface area contributed by atoms with E-state index >= 15 is 0 Å². The van der Waals surface area contributed by atoms with E-state index < -0.39 is 11.8 Å². The van der Waals surface area contributed by atoms with E-state index in [4.69, 9.17) is 17.3 Å². The number of hydrogen-bond donors (Lipinski definition) is 4. The zero-order valence-corrected chi connectivity index (χ0v) is 28.5. The number of amides is 2. The maximum Gasteiger partial charge on any atom is 0.280 e. The van der Waals surface area contributed by atoms with Crippen LogP contribution in [0.5, 0.6) is 0 Å². The molecule has 0 fully saturated rings. The summed E-state index contributed by atoms with van der Waals surface area (Å²) in [6, 6.07) is 0. The number of nitrogens with two attached hydrogens (primary N) is 1. The Hall–Kier alpha value is -5.11. The highest BCUT2D eigenvalue weighted by Gasteiger charge is 2.21. The van der Waals surface area contributed by atoms with Gasteiger partial charge < -0.3 is 11.1 Å². The summed E-state index contributed by atoms with van der Waals surface area (Å²) in [6.45, 7) is 8.87. The summed E-state index contributed by atoms with van der Waals surface area (Å²) in [4.78, 5) is 48.2. The molecular formula is C26H41ClN16O4. The Bertz CT molecular complexity index is 1780. The number of anilines is 3. The van der Waals surface area contributed by atoms with Gasteiger partial charge in [0.1, 0.15) is 0 Å². The van der Waals surface area contributed by atoms with Gasteiger partial charge in [0.15, 0.2) is 11.4 Å². The Morgan fingerprint density at radius 3 is 1.64 bits per heavy atom. The highest BCUT2D eigenvalue weighted by molar-refractivity contribution is 6.34. The molecule has 5 N–H and O–H groups in total. The summed E-state index contributed by atoms with van der Waals surface area (Å²) in [5, 5.41) is 37.4. The van der Waals surface area contributed by atoms with E-state index in [-0.39, 0.29) is 45.0 Å². The largest absolute Gasteiger partial charge is 0.383 e. The Kier molecular flexibility index (Phi) is 14.7. The average Bonchev–Trinajstić information content (AvgIpc) is 3.64. The molecule has 0 spiro atoms. The number of tetrazole rings is 2. The molecular weight excluding hydrogens is 636 g/mol. The fourth-order valence-corrected chi connectivity index (χ4v) is 3.84. The van der Waals surface area contributed by atoms with Gasteiger partial charge in [0.25, 0.3) is 22.9 Å². The van der Waals surface area contributed by atoms with Crippen LogP contribution < -0.4 is 32.8 Å². The Labute approximate surface area is 275 Å². The van der Waals surface area contributed by atoms with E-state index in [1.54, 1.807) is 21.0 Å². The molecule has 0 bridgehead atoms. The number of unbranched alkanes of at least 4 members (excludes halogenated alkanes) is 2. The van der Waals surface area contributed by atoms with Crippen molar-refractivity contribution in [3.63, 3.8) is 0 Å². The number of rotatable bonds is 10. The molecule has 47 heavy (non-hydrogen) atoms. The molecule has 4 aromatic rings. The molecule has 4 heterocycles. The van der Waals surface area contributed by atoms with Gasteiger partial charge in [0, 0.05) is 45.9 Å². The second-order valence-electron chi connectivity index (χ2n) is 10.1. The molecule has 0 radical (unpaired) electrons. The molecule has 0 atom stereocenters. The van der Waals surface area contributed by atoms with Crippen LogP contribution in [0, 0.1) is 13.8 Å². The van der Waals surface area contributed by atoms with Gasteiger partial charge in [-0.2, -0.15) is 10.2 Å². The summed E-state index contributed by atoms with van der Waals surface area (Å²) in [5.41, 5.74) is 5.73. The van der Waals surface area contributed by atoms with Crippen molar-refractivity contribution in [1.29, 1.82) is 0 Å². The molecule has 4 rings (SSSR count). The first-order chi connectivity index (χ1) is 22.3. The Morgan fingerprint density at radius 1 is 0.745 bits per heavy atom. The predicted octanol–water partition coefficient (Wildman–Crippen LogP) is 0.340. The summed E-state index contributed by atoms with van der Waals surface area (Å²) >= 11 is 5.95. The van der Waals surface area contributed by atoms with Crippen LogP contribution in [0.3, 0.4) is 0 Å². The van der Waals surface area contributed by atoms with Gasteiger partial charge in [-0.3, -0.25) is 29.8 Å². The normalized spacial score (nSPS) is 10.3. The molecule has 2 amide bonds. The summed E-state index contributed by atoms with van der Waals surface area (Å²) < 4.78 is 4.80.